The number of ether oxygens (including phenoxy) is 1. The maximum absolute atomic E-state index is 12.0. The monoisotopic (exact) mass is 400 g/mol. The fourth-order valence-electron chi connectivity index (χ4n) is 2.22. The Kier molecular flexibility index (Phi) is 7.66. The van der Waals surface area contributed by atoms with Gasteiger partial charge >= 0.3 is 5.69 Å². The number of nitrogens with zero attached hydrogens (tertiary/aromatic N) is 1. The SMILES string of the molecule is C[C@H](Oc1ccccc1[N+](=O)[O-])C(=O)NNC(=O)CCC(=O)Nc1ccccc1. The Bertz CT molecular complexity index is 887. The summed E-state index contributed by atoms with van der Waals surface area (Å²) in [4.78, 5) is 45.9. The number of para-hydroxylation sites is 3. The summed E-state index contributed by atoms with van der Waals surface area (Å²) in [6.45, 7) is 1.38. The van der Waals surface area contributed by atoms with E-state index in [0.717, 1.165) is 0 Å². The fourth-order valence-corrected chi connectivity index (χ4v) is 2.22. The second-order valence-electron chi connectivity index (χ2n) is 5.94. The molecule has 0 spiro atoms. The van der Waals surface area contributed by atoms with E-state index in [2.05, 4.69) is 16.2 Å². The number of carbonyl (C=O) groups is 3. The van der Waals surface area contributed by atoms with Crippen molar-refractivity contribution in [3.8, 4) is 5.75 Å². The highest BCUT2D eigenvalue weighted by Gasteiger charge is 2.21. The van der Waals surface area contributed by atoms with Crippen LogP contribution in [0.4, 0.5) is 11.4 Å². The van der Waals surface area contributed by atoms with Gasteiger partial charge in [-0.3, -0.25) is 35.3 Å². The number of hydrogen-bond donors (Lipinski definition) is 3. The van der Waals surface area contributed by atoms with Crippen LogP contribution in [-0.2, 0) is 14.4 Å². The van der Waals surface area contributed by atoms with Crippen molar-refractivity contribution in [2.45, 2.75) is 25.9 Å². The minimum atomic E-state index is -1.10. The van der Waals surface area contributed by atoms with E-state index in [9.17, 15) is 24.5 Å². The second-order valence-corrected chi connectivity index (χ2v) is 5.94. The van der Waals surface area contributed by atoms with Gasteiger partial charge in [0.05, 0.1) is 4.92 Å². The van der Waals surface area contributed by atoms with Crippen LogP contribution in [0.25, 0.3) is 0 Å². The van der Waals surface area contributed by atoms with E-state index in [1.54, 1.807) is 24.3 Å². The molecule has 0 bridgehead atoms. The lowest BCUT2D eigenvalue weighted by atomic mass is 10.2. The molecule has 0 unspecified atom stereocenters. The molecule has 3 amide bonds. The van der Waals surface area contributed by atoms with Crippen LogP contribution in [0.3, 0.4) is 0 Å². The number of carbonyl (C=O) groups excluding carboxylic acids is 3. The van der Waals surface area contributed by atoms with E-state index >= 15 is 0 Å². The third-order valence-corrected chi connectivity index (χ3v) is 3.70. The molecule has 0 aliphatic heterocycles. The van der Waals surface area contributed by atoms with Crippen LogP contribution in [0.5, 0.6) is 5.75 Å². The van der Waals surface area contributed by atoms with Gasteiger partial charge in [-0.15, -0.1) is 0 Å². The third kappa shape index (κ3) is 6.94. The highest BCUT2D eigenvalue weighted by Crippen LogP contribution is 2.26. The molecule has 0 saturated heterocycles. The normalized spacial score (nSPS) is 11.1. The largest absolute Gasteiger partial charge is 0.474 e. The van der Waals surface area contributed by atoms with Crippen molar-refractivity contribution in [2.75, 3.05) is 5.32 Å². The highest BCUT2D eigenvalue weighted by atomic mass is 16.6. The molecule has 0 aromatic heterocycles. The van der Waals surface area contributed by atoms with Gasteiger partial charge in [0, 0.05) is 24.6 Å². The first kappa shape index (κ1) is 21.4. The number of amides is 3. The van der Waals surface area contributed by atoms with E-state index in [4.69, 9.17) is 4.74 Å². The van der Waals surface area contributed by atoms with Crippen molar-refractivity contribution in [3.63, 3.8) is 0 Å². The number of hydrazine groups is 1. The minimum absolute atomic E-state index is 0.0657. The van der Waals surface area contributed by atoms with Crippen LogP contribution in [0, 0.1) is 10.1 Å². The smallest absolute Gasteiger partial charge is 0.310 e. The molecule has 1 atom stereocenters. The molecule has 10 nitrogen and oxygen atoms in total. The summed E-state index contributed by atoms with van der Waals surface area (Å²) in [5.74, 6) is -1.68. The summed E-state index contributed by atoms with van der Waals surface area (Å²) in [5, 5.41) is 13.6. The van der Waals surface area contributed by atoms with Crippen molar-refractivity contribution in [3.05, 3.63) is 64.7 Å². The first-order valence-corrected chi connectivity index (χ1v) is 8.70. The summed E-state index contributed by atoms with van der Waals surface area (Å²) < 4.78 is 5.30. The van der Waals surface area contributed by atoms with Crippen LogP contribution >= 0.6 is 0 Å². The third-order valence-electron chi connectivity index (χ3n) is 3.70. The number of nitro benzene ring substituents is 1. The molecule has 0 saturated carbocycles. The summed E-state index contributed by atoms with van der Waals surface area (Å²) >= 11 is 0. The summed E-state index contributed by atoms with van der Waals surface area (Å²) in [6.07, 6.45) is -1.31. The Morgan fingerprint density at radius 2 is 1.59 bits per heavy atom. The van der Waals surface area contributed by atoms with Gasteiger partial charge in [-0.1, -0.05) is 30.3 Å². The standard InChI is InChI=1S/C19H20N4O6/c1-13(29-16-10-6-5-9-15(16)23(27)28)19(26)22-21-18(25)12-11-17(24)20-14-7-3-2-4-8-14/h2-10,13H,11-12H2,1H3,(H,20,24)(H,21,25)(H,22,26)/t13-/m0/s1. The maximum Gasteiger partial charge on any atom is 0.310 e. The summed E-state index contributed by atoms with van der Waals surface area (Å²) in [5.41, 5.74) is 4.67. The maximum atomic E-state index is 12.0. The number of anilines is 1. The molecule has 0 aliphatic carbocycles. The van der Waals surface area contributed by atoms with Crippen LogP contribution < -0.4 is 20.9 Å². The lowest BCUT2D eigenvalue weighted by Crippen LogP contribution is -2.47. The highest BCUT2D eigenvalue weighted by molar-refractivity contribution is 5.93. The predicted molar refractivity (Wildman–Crippen MR) is 104 cm³/mol. The Balaban J connectivity index is 1.74. The van der Waals surface area contributed by atoms with Crippen molar-refractivity contribution in [1.29, 1.82) is 0 Å². The van der Waals surface area contributed by atoms with Crippen LogP contribution in [0.1, 0.15) is 19.8 Å². The molecule has 29 heavy (non-hydrogen) atoms. The number of benzene rings is 2. The Labute approximate surface area is 166 Å². The van der Waals surface area contributed by atoms with E-state index < -0.39 is 22.8 Å². The zero-order valence-electron chi connectivity index (χ0n) is 15.6. The first-order valence-electron chi connectivity index (χ1n) is 8.70. The molecular formula is C19H20N4O6. The van der Waals surface area contributed by atoms with E-state index in [1.165, 1.54) is 31.2 Å². The number of nitro groups is 1. The fraction of sp³-hybridized carbons (Fsp3) is 0.211. The summed E-state index contributed by atoms with van der Waals surface area (Å²) in [7, 11) is 0. The zero-order chi connectivity index (χ0) is 21.2. The Hall–Kier alpha value is -3.95. The quantitative estimate of drug-likeness (QED) is 0.457. The summed E-state index contributed by atoms with van der Waals surface area (Å²) in [6, 6.07) is 14.4. The minimum Gasteiger partial charge on any atom is -0.474 e. The molecule has 0 heterocycles. The molecule has 152 valence electrons. The lowest BCUT2D eigenvalue weighted by Gasteiger charge is -2.15. The molecule has 3 N–H and O–H groups in total. The average molecular weight is 400 g/mol. The second kappa shape index (κ2) is 10.4. The van der Waals surface area contributed by atoms with E-state index in [0.29, 0.717) is 5.69 Å². The number of rotatable bonds is 8. The molecular weight excluding hydrogens is 380 g/mol. The number of nitrogens with one attached hydrogen (secondary N) is 3. The van der Waals surface area contributed by atoms with Crippen molar-refractivity contribution >= 4 is 29.1 Å². The van der Waals surface area contributed by atoms with Crippen LogP contribution in [-0.4, -0.2) is 28.7 Å². The van der Waals surface area contributed by atoms with Gasteiger partial charge in [-0.05, 0) is 25.1 Å². The molecule has 0 aliphatic rings. The predicted octanol–water partition coefficient (Wildman–Crippen LogP) is 1.93. The molecule has 2 aromatic carbocycles. The van der Waals surface area contributed by atoms with Crippen LogP contribution in [0.2, 0.25) is 0 Å². The zero-order valence-corrected chi connectivity index (χ0v) is 15.6. The Morgan fingerprint density at radius 3 is 2.28 bits per heavy atom. The van der Waals surface area contributed by atoms with Gasteiger partial charge in [0.2, 0.25) is 11.8 Å². The molecule has 2 aromatic rings. The molecule has 10 heteroatoms. The molecule has 0 fully saturated rings. The van der Waals surface area contributed by atoms with E-state index in [-0.39, 0.29) is 30.2 Å². The van der Waals surface area contributed by atoms with E-state index in [1.807, 2.05) is 6.07 Å². The topological polar surface area (TPSA) is 140 Å². The van der Waals surface area contributed by atoms with Gasteiger partial charge in [0.15, 0.2) is 11.9 Å². The number of hydrogen-bond acceptors (Lipinski definition) is 6. The average Bonchev–Trinajstić information content (AvgIpc) is 2.71. The Morgan fingerprint density at radius 1 is 0.966 bits per heavy atom. The lowest BCUT2D eigenvalue weighted by molar-refractivity contribution is -0.386. The van der Waals surface area contributed by atoms with Gasteiger partial charge in [-0.25, -0.2) is 0 Å². The van der Waals surface area contributed by atoms with Gasteiger partial charge < -0.3 is 10.1 Å². The van der Waals surface area contributed by atoms with Crippen LogP contribution in [0.15, 0.2) is 54.6 Å². The van der Waals surface area contributed by atoms with Gasteiger partial charge in [0.25, 0.3) is 5.91 Å². The first-order chi connectivity index (χ1) is 13.9. The van der Waals surface area contributed by atoms with Crippen molar-refractivity contribution in [1.82, 2.24) is 10.9 Å². The van der Waals surface area contributed by atoms with Gasteiger partial charge in [0.1, 0.15) is 0 Å². The van der Waals surface area contributed by atoms with Crippen molar-refractivity contribution in [2.24, 2.45) is 0 Å². The molecule has 0 radical (unpaired) electrons. The van der Waals surface area contributed by atoms with Crippen molar-refractivity contribution < 1.29 is 24.0 Å². The molecule has 2 rings (SSSR count). The van der Waals surface area contributed by atoms with Gasteiger partial charge in [-0.2, -0.15) is 0 Å².